The van der Waals surface area contributed by atoms with E-state index in [9.17, 15) is 9.90 Å². The van der Waals surface area contributed by atoms with Crippen LogP contribution in [0.15, 0.2) is 30.3 Å². The number of aliphatic carboxylic acids is 1. The molecule has 1 aromatic rings. The van der Waals surface area contributed by atoms with Crippen LogP contribution < -0.4 is 5.32 Å². The van der Waals surface area contributed by atoms with Crippen molar-refractivity contribution >= 4 is 5.97 Å². The van der Waals surface area contributed by atoms with Gasteiger partial charge in [-0.2, -0.15) is 0 Å². The second-order valence-corrected chi connectivity index (χ2v) is 9.34. The van der Waals surface area contributed by atoms with E-state index in [4.69, 9.17) is 0 Å². The zero-order valence-electron chi connectivity index (χ0n) is 18.2. The lowest BCUT2D eigenvalue weighted by molar-refractivity contribution is -0.139. The molecule has 0 amide bonds. The molecule has 1 saturated heterocycles. The molecule has 0 aromatic heterocycles. The van der Waals surface area contributed by atoms with Gasteiger partial charge >= 0.3 is 5.97 Å². The predicted molar refractivity (Wildman–Crippen MR) is 119 cm³/mol. The number of nitrogens with zero attached hydrogens (tertiary/aromatic N) is 1. The summed E-state index contributed by atoms with van der Waals surface area (Å²) in [4.78, 5) is 14.1. The summed E-state index contributed by atoms with van der Waals surface area (Å²) < 4.78 is 0. The molecule has 1 heterocycles. The standard InChI is InChI=1S/C25H40N2O2/c1-2-7-24(25(28)29)26-23-13-12-22(18-23)19-27-16-14-21(15-17-27)11-6-10-20-8-4-3-5-9-20/h3-5,8-9,21-24,26H,2,6-7,10-19H2,1H3,(H,28,29). The number of rotatable bonds is 11. The van der Waals surface area contributed by atoms with Gasteiger partial charge in [0, 0.05) is 12.6 Å². The van der Waals surface area contributed by atoms with E-state index in [1.807, 2.05) is 0 Å². The van der Waals surface area contributed by atoms with Gasteiger partial charge in [0.1, 0.15) is 6.04 Å². The molecule has 1 aliphatic heterocycles. The highest BCUT2D eigenvalue weighted by Crippen LogP contribution is 2.29. The number of nitrogens with one attached hydrogen (secondary N) is 1. The molecule has 0 bridgehead atoms. The van der Waals surface area contributed by atoms with Crippen molar-refractivity contribution in [1.29, 1.82) is 0 Å². The first-order valence-corrected chi connectivity index (χ1v) is 11.9. The van der Waals surface area contributed by atoms with E-state index >= 15 is 0 Å². The number of aryl methyl sites for hydroxylation is 1. The Morgan fingerprint density at radius 3 is 2.59 bits per heavy atom. The molecule has 3 unspecified atom stereocenters. The summed E-state index contributed by atoms with van der Waals surface area (Å²) in [5.41, 5.74) is 1.47. The Labute approximate surface area is 177 Å². The molecule has 29 heavy (non-hydrogen) atoms. The van der Waals surface area contributed by atoms with Gasteiger partial charge in [-0.05, 0) is 81.9 Å². The molecular formula is C25H40N2O2. The van der Waals surface area contributed by atoms with Crippen molar-refractivity contribution in [3.63, 3.8) is 0 Å². The zero-order valence-corrected chi connectivity index (χ0v) is 18.2. The van der Waals surface area contributed by atoms with Gasteiger partial charge in [0.2, 0.25) is 0 Å². The largest absolute Gasteiger partial charge is 0.480 e. The molecule has 0 spiro atoms. The highest BCUT2D eigenvalue weighted by Gasteiger charge is 2.30. The first-order chi connectivity index (χ1) is 14.1. The number of hydrogen-bond donors (Lipinski definition) is 2. The van der Waals surface area contributed by atoms with Crippen LogP contribution in [0, 0.1) is 11.8 Å². The van der Waals surface area contributed by atoms with Crippen LogP contribution in [0.4, 0.5) is 0 Å². The average molecular weight is 401 g/mol. The number of piperidine rings is 1. The summed E-state index contributed by atoms with van der Waals surface area (Å²) in [5.74, 6) is 0.946. The number of carboxylic acid groups (broad SMARTS) is 1. The van der Waals surface area contributed by atoms with Gasteiger partial charge < -0.3 is 15.3 Å². The first kappa shape index (κ1) is 22.3. The van der Waals surface area contributed by atoms with E-state index in [0.717, 1.165) is 37.5 Å². The molecule has 1 aromatic carbocycles. The molecule has 1 aliphatic carbocycles. The summed E-state index contributed by atoms with van der Waals surface area (Å²) in [6.07, 6.45) is 11.8. The van der Waals surface area contributed by atoms with Gasteiger partial charge in [0.05, 0.1) is 0 Å². The predicted octanol–water partition coefficient (Wildman–Crippen LogP) is 4.73. The quantitative estimate of drug-likeness (QED) is 0.564. The third-order valence-electron chi connectivity index (χ3n) is 7.00. The van der Waals surface area contributed by atoms with Crippen LogP contribution in [0.3, 0.4) is 0 Å². The third-order valence-corrected chi connectivity index (χ3v) is 7.00. The Bertz CT molecular complexity index is 598. The SMILES string of the molecule is CCCC(NC1CCC(CN2CCC(CCCc3ccccc3)CC2)C1)C(=O)O. The van der Waals surface area contributed by atoms with Gasteiger partial charge in [0.25, 0.3) is 0 Å². The van der Waals surface area contributed by atoms with Crippen molar-refractivity contribution < 1.29 is 9.90 Å². The molecule has 2 aliphatic rings. The number of hydrogen-bond acceptors (Lipinski definition) is 3. The van der Waals surface area contributed by atoms with Crippen LogP contribution in [0.2, 0.25) is 0 Å². The molecule has 4 nitrogen and oxygen atoms in total. The van der Waals surface area contributed by atoms with Crippen molar-refractivity contribution in [2.24, 2.45) is 11.8 Å². The normalized spacial score (nSPS) is 24.6. The maximum Gasteiger partial charge on any atom is 0.320 e. The highest BCUT2D eigenvalue weighted by atomic mass is 16.4. The van der Waals surface area contributed by atoms with Crippen molar-refractivity contribution in [1.82, 2.24) is 10.2 Å². The van der Waals surface area contributed by atoms with E-state index in [1.54, 1.807) is 0 Å². The molecule has 4 heteroatoms. The van der Waals surface area contributed by atoms with Crippen LogP contribution >= 0.6 is 0 Å². The lowest BCUT2D eigenvalue weighted by atomic mass is 9.90. The van der Waals surface area contributed by atoms with Crippen LogP contribution in [0.25, 0.3) is 0 Å². The monoisotopic (exact) mass is 400 g/mol. The Morgan fingerprint density at radius 1 is 1.14 bits per heavy atom. The second kappa shape index (κ2) is 11.7. The summed E-state index contributed by atoms with van der Waals surface area (Å²) in [7, 11) is 0. The molecule has 3 atom stereocenters. The summed E-state index contributed by atoms with van der Waals surface area (Å²) in [6, 6.07) is 10.9. The van der Waals surface area contributed by atoms with Crippen LogP contribution in [-0.4, -0.2) is 47.7 Å². The fraction of sp³-hybridized carbons (Fsp3) is 0.720. The van der Waals surface area contributed by atoms with Gasteiger partial charge in [0.15, 0.2) is 0 Å². The summed E-state index contributed by atoms with van der Waals surface area (Å²) in [6.45, 7) is 5.76. The molecule has 2 N–H and O–H groups in total. The van der Waals surface area contributed by atoms with Gasteiger partial charge in [-0.3, -0.25) is 4.79 Å². The molecule has 2 fully saturated rings. The average Bonchev–Trinajstić information content (AvgIpc) is 3.16. The Balaban J connectivity index is 1.30. The topological polar surface area (TPSA) is 52.6 Å². The first-order valence-electron chi connectivity index (χ1n) is 11.9. The maximum atomic E-state index is 11.4. The lowest BCUT2D eigenvalue weighted by Gasteiger charge is -2.33. The van der Waals surface area contributed by atoms with Gasteiger partial charge in [-0.1, -0.05) is 50.1 Å². The molecule has 0 radical (unpaired) electrons. The van der Waals surface area contributed by atoms with E-state index in [1.165, 1.54) is 63.7 Å². The van der Waals surface area contributed by atoms with Crippen molar-refractivity contribution in [2.45, 2.75) is 83.2 Å². The fourth-order valence-corrected chi connectivity index (χ4v) is 5.31. The number of carboxylic acids is 1. The second-order valence-electron chi connectivity index (χ2n) is 9.34. The van der Waals surface area contributed by atoms with Gasteiger partial charge in [-0.25, -0.2) is 0 Å². The highest BCUT2D eigenvalue weighted by molar-refractivity contribution is 5.73. The molecular weight excluding hydrogens is 360 g/mol. The Kier molecular flexibility index (Phi) is 9.00. The zero-order chi connectivity index (χ0) is 20.5. The van der Waals surface area contributed by atoms with Crippen molar-refractivity contribution in [3.8, 4) is 0 Å². The van der Waals surface area contributed by atoms with E-state index in [-0.39, 0.29) is 6.04 Å². The lowest BCUT2D eigenvalue weighted by Crippen LogP contribution is -2.42. The van der Waals surface area contributed by atoms with E-state index in [0.29, 0.717) is 6.04 Å². The Hall–Kier alpha value is -1.39. The summed E-state index contributed by atoms with van der Waals surface area (Å²) >= 11 is 0. The summed E-state index contributed by atoms with van der Waals surface area (Å²) in [5, 5.41) is 12.8. The van der Waals surface area contributed by atoms with Crippen molar-refractivity contribution in [3.05, 3.63) is 35.9 Å². The molecule has 1 saturated carbocycles. The Morgan fingerprint density at radius 2 is 1.90 bits per heavy atom. The molecule has 162 valence electrons. The van der Waals surface area contributed by atoms with Crippen LogP contribution in [-0.2, 0) is 11.2 Å². The minimum Gasteiger partial charge on any atom is -0.480 e. The fourth-order valence-electron chi connectivity index (χ4n) is 5.31. The molecule has 3 rings (SSSR count). The number of likely N-dealkylation sites (tertiary alicyclic amines) is 1. The van der Waals surface area contributed by atoms with Crippen LogP contribution in [0.1, 0.15) is 70.3 Å². The van der Waals surface area contributed by atoms with Crippen LogP contribution in [0.5, 0.6) is 0 Å². The van der Waals surface area contributed by atoms with E-state index in [2.05, 4.69) is 47.5 Å². The van der Waals surface area contributed by atoms with Gasteiger partial charge in [-0.15, -0.1) is 0 Å². The maximum absolute atomic E-state index is 11.4. The minimum absolute atomic E-state index is 0.365. The van der Waals surface area contributed by atoms with Crippen molar-refractivity contribution in [2.75, 3.05) is 19.6 Å². The smallest absolute Gasteiger partial charge is 0.320 e. The number of benzene rings is 1. The van der Waals surface area contributed by atoms with E-state index < -0.39 is 5.97 Å². The number of carbonyl (C=O) groups is 1. The minimum atomic E-state index is -0.690. The third kappa shape index (κ3) is 7.42.